The number of halogens is 1. The second kappa shape index (κ2) is 4.19. The first-order valence-electron chi connectivity index (χ1n) is 3.30. The molecule has 1 N–H and O–H groups in total. The van der Waals surface area contributed by atoms with Gasteiger partial charge in [-0.1, -0.05) is 30.3 Å². The van der Waals surface area contributed by atoms with E-state index >= 15 is 0 Å². The van der Waals surface area contributed by atoms with Crippen molar-refractivity contribution in [3.05, 3.63) is 35.9 Å². The van der Waals surface area contributed by atoms with Crippen molar-refractivity contribution in [3.63, 3.8) is 0 Å². The summed E-state index contributed by atoms with van der Waals surface area (Å²) in [7, 11) is -3.48. The Balaban J connectivity index is 2.71. The zero-order valence-corrected chi connectivity index (χ0v) is 8.66. The van der Waals surface area contributed by atoms with E-state index in [9.17, 15) is 4.57 Å². The van der Waals surface area contributed by atoms with Crippen LogP contribution in [0.5, 0.6) is 0 Å². The molecule has 5 heteroatoms. The first-order valence-corrected chi connectivity index (χ1v) is 5.71. The van der Waals surface area contributed by atoms with Gasteiger partial charge in [0.05, 0.1) is 6.16 Å². The van der Waals surface area contributed by atoms with Crippen LogP contribution < -0.4 is 0 Å². The number of hydrogen-bond acceptors (Lipinski definition) is 2. The summed E-state index contributed by atoms with van der Waals surface area (Å²) in [6.07, 6.45) is 0.0269. The van der Waals surface area contributed by atoms with E-state index in [0.717, 1.165) is 5.56 Å². The summed E-state index contributed by atoms with van der Waals surface area (Å²) in [5.41, 5.74) is 0.780. The number of hydrogen-bond donors (Lipinski definition) is 1. The molecule has 0 amide bonds. The molecular weight excluding hydrogens is 243 g/mol. The summed E-state index contributed by atoms with van der Waals surface area (Å²) in [5.74, 6) is 0. The largest absolute Gasteiger partial charge is 0.343 e. The van der Waals surface area contributed by atoms with E-state index in [1.165, 1.54) is 0 Å². The average Bonchev–Trinajstić information content (AvgIpc) is 2.06. The van der Waals surface area contributed by atoms with E-state index in [-0.39, 0.29) is 6.16 Å². The van der Waals surface area contributed by atoms with Gasteiger partial charge in [-0.05, 0) is 5.56 Å². The van der Waals surface area contributed by atoms with Crippen molar-refractivity contribution in [1.29, 1.82) is 0 Å². The maximum absolute atomic E-state index is 11.0. The van der Waals surface area contributed by atoms with E-state index in [0.29, 0.717) is 0 Å². The van der Waals surface area contributed by atoms with E-state index in [1.807, 2.05) is 18.2 Å². The van der Waals surface area contributed by atoms with Gasteiger partial charge in [0.25, 0.3) is 0 Å². The molecular formula is C7H8BrO3P. The standard InChI is InChI=1S/C7H8BrO3P/c8-11-12(9,10)6-7-4-2-1-3-5-7/h1-5H,6H2,(H,9,10). The predicted octanol–water partition coefficient (Wildman–Crippen LogP) is 2.70. The molecule has 0 heterocycles. The van der Waals surface area contributed by atoms with Gasteiger partial charge < -0.3 is 4.89 Å². The Morgan fingerprint density at radius 2 is 2.00 bits per heavy atom. The van der Waals surface area contributed by atoms with E-state index in [1.54, 1.807) is 12.1 Å². The lowest BCUT2D eigenvalue weighted by Crippen LogP contribution is -1.86. The van der Waals surface area contributed by atoms with Gasteiger partial charge in [0.2, 0.25) is 0 Å². The van der Waals surface area contributed by atoms with Gasteiger partial charge in [-0.25, -0.2) is 3.62 Å². The van der Waals surface area contributed by atoms with Gasteiger partial charge in [0.1, 0.15) is 16.3 Å². The number of benzene rings is 1. The third-order valence-electron chi connectivity index (χ3n) is 1.33. The summed E-state index contributed by atoms with van der Waals surface area (Å²) < 4.78 is 15.3. The monoisotopic (exact) mass is 250 g/mol. The SMILES string of the molecule is O=P(O)(Cc1ccccc1)OBr. The van der Waals surface area contributed by atoms with Crippen molar-refractivity contribution in [1.82, 2.24) is 0 Å². The Hall–Kier alpha value is -0.150. The smallest absolute Gasteiger partial charge is 0.323 e. The zero-order chi connectivity index (χ0) is 9.03. The fourth-order valence-electron chi connectivity index (χ4n) is 0.839. The highest BCUT2D eigenvalue weighted by molar-refractivity contribution is 9.06. The van der Waals surface area contributed by atoms with Crippen molar-refractivity contribution >= 4 is 23.9 Å². The Morgan fingerprint density at radius 1 is 1.42 bits per heavy atom. The van der Waals surface area contributed by atoms with Gasteiger partial charge in [0.15, 0.2) is 0 Å². The average molecular weight is 251 g/mol. The van der Waals surface area contributed by atoms with Crippen LogP contribution in [-0.4, -0.2) is 4.89 Å². The molecule has 66 valence electrons. The molecule has 0 saturated carbocycles. The highest BCUT2D eigenvalue weighted by Crippen LogP contribution is 2.47. The fraction of sp³-hybridized carbons (Fsp3) is 0.143. The van der Waals surface area contributed by atoms with Crippen molar-refractivity contribution in [2.75, 3.05) is 0 Å². The summed E-state index contributed by atoms with van der Waals surface area (Å²) in [5, 5.41) is 0. The lowest BCUT2D eigenvalue weighted by atomic mass is 10.2. The third kappa shape index (κ3) is 3.07. The molecule has 0 spiro atoms. The summed E-state index contributed by atoms with van der Waals surface area (Å²) in [6.45, 7) is 0. The van der Waals surface area contributed by atoms with Crippen LogP contribution in [0.3, 0.4) is 0 Å². The Kier molecular flexibility index (Phi) is 3.47. The van der Waals surface area contributed by atoms with E-state index in [2.05, 4.69) is 19.9 Å². The van der Waals surface area contributed by atoms with Gasteiger partial charge in [-0.2, -0.15) is 0 Å². The van der Waals surface area contributed by atoms with Crippen LogP contribution in [0.2, 0.25) is 0 Å². The highest BCUT2D eigenvalue weighted by atomic mass is 79.9. The molecule has 1 atom stereocenters. The first kappa shape index (κ1) is 9.93. The van der Waals surface area contributed by atoms with E-state index < -0.39 is 7.60 Å². The van der Waals surface area contributed by atoms with Crippen molar-refractivity contribution in [3.8, 4) is 0 Å². The fourth-order valence-corrected chi connectivity index (χ4v) is 1.87. The van der Waals surface area contributed by atoms with Crippen LogP contribution in [-0.2, 0) is 14.3 Å². The molecule has 0 bridgehead atoms. The molecule has 1 unspecified atom stereocenters. The third-order valence-corrected chi connectivity index (χ3v) is 3.67. The molecule has 1 aromatic carbocycles. The molecule has 0 saturated heterocycles. The molecule has 0 aromatic heterocycles. The van der Waals surface area contributed by atoms with Crippen LogP contribution in [0.15, 0.2) is 30.3 Å². The lowest BCUT2D eigenvalue weighted by molar-refractivity contribution is 0.406. The van der Waals surface area contributed by atoms with E-state index in [4.69, 9.17) is 4.89 Å². The second-order valence-electron chi connectivity index (χ2n) is 2.35. The van der Waals surface area contributed by atoms with Gasteiger partial charge in [-0.15, -0.1) is 0 Å². The number of rotatable bonds is 3. The first-order chi connectivity index (χ1) is 5.64. The molecule has 0 fully saturated rings. The summed E-state index contributed by atoms with van der Waals surface area (Å²) in [4.78, 5) is 9.06. The van der Waals surface area contributed by atoms with Crippen molar-refractivity contribution in [2.45, 2.75) is 6.16 Å². The Bertz CT molecular complexity index is 288. The minimum Gasteiger partial charge on any atom is -0.323 e. The minimum atomic E-state index is -3.48. The van der Waals surface area contributed by atoms with Crippen LogP contribution in [0.25, 0.3) is 0 Å². The van der Waals surface area contributed by atoms with Crippen LogP contribution in [0.4, 0.5) is 0 Å². The minimum absolute atomic E-state index is 0.0269. The molecule has 12 heavy (non-hydrogen) atoms. The summed E-state index contributed by atoms with van der Waals surface area (Å²) >= 11 is 2.52. The van der Waals surface area contributed by atoms with Gasteiger partial charge in [0, 0.05) is 0 Å². The molecule has 0 aliphatic carbocycles. The summed E-state index contributed by atoms with van der Waals surface area (Å²) in [6, 6.07) is 9.01. The molecule has 3 nitrogen and oxygen atoms in total. The Morgan fingerprint density at radius 3 is 2.50 bits per heavy atom. The molecule has 1 rings (SSSR count). The van der Waals surface area contributed by atoms with Crippen molar-refractivity contribution < 1.29 is 13.1 Å². The topological polar surface area (TPSA) is 46.5 Å². The quantitative estimate of drug-likeness (QED) is 0.840. The lowest BCUT2D eigenvalue weighted by Gasteiger charge is -2.05. The normalized spacial score (nSPS) is 15.5. The second-order valence-corrected chi connectivity index (χ2v) is 4.95. The molecule has 0 radical (unpaired) electrons. The van der Waals surface area contributed by atoms with Gasteiger partial charge in [-0.3, -0.25) is 4.57 Å². The van der Waals surface area contributed by atoms with Crippen LogP contribution >= 0.6 is 23.9 Å². The van der Waals surface area contributed by atoms with Gasteiger partial charge >= 0.3 is 7.60 Å². The zero-order valence-electron chi connectivity index (χ0n) is 6.18. The van der Waals surface area contributed by atoms with Crippen LogP contribution in [0.1, 0.15) is 5.56 Å². The maximum atomic E-state index is 11.0. The predicted molar refractivity (Wildman–Crippen MR) is 50.0 cm³/mol. The molecule has 1 aromatic rings. The molecule has 0 aliphatic heterocycles. The highest BCUT2D eigenvalue weighted by Gasteiger charge is 2.18. The molecule has 0 aliphatic rings. The maximum Gasteiger partial charge on any atom is 0.343 e. The van der Waals surface area contributed by atoms with Crippen LogP contribution in [0, 0.1) is 0 Å². The van der Waals surface area contributed by atoms with Crippen molar-refractivity contribution in [2.24, 2.45) is 0 Å². The Labute approximate surface area is 79.4 Å².